The topological polar surface area (TPSA) is 97.0 Å². The van der Waals surface area contributed by atoms with Crippen LogP contribution in [0, 0.1) is 13.8 Å². The highest BCUT2D eigenvalue weighted by molar-refractivity contribution is 7.86. The van der Waals surface area contributed by atoms with Gasteiger partial charge in [0, 0.05) is 17.0 Å². The summed E-state index contributed by atoms with van der Waals surface area (Å²) in [6.45, 7) is 6.19. The predicted molar refractivity (Wildman–Crippen MR) is 158 cm³/mol. The number of aliphatic imine (C=N–C) groups is 1. The van der Waals surface area contributed by atoms with Crippen molar-refractivity contribution in [3.05, 3.63) is 58.3 Å². The molecule has 0 saturated heterocycles. The third-order valence-electron chi connectivity index (χ3n) is 7.91. The van der Waals surface area contributed by atoms with Crippen LogP contribution in [-0.4, -0.2) is 38.7 Å². The summed E-state index contributed by atoms with van der Waals surface area (Å²) in [5.41, 5.74) is 2.61. The molecule has 8 nitrogen and oxygen atoms in total. The van der Waals surface area contributed by atoms with Crippen LogP contribution in [0.2, 0.25) is 5.02 Å². The zero-order valence-corrected chi connectivity index (χ0v) is 25.0. The fourth-order valence-corrected chi connectivity index (χ4v) is 6.71. The Labute approximate surface area is 242 Å². The van der Waals surface area contributed by atoms with Gasteiger partial charge in [0.15, 0.2) is 16.8 Å². The van der Waals surface area contributed by atoms with Gasteiger partial charge in [-0.15, -0.1) is 0 Å². The number of aromatic nitrogens is 1. The van der Waals surface area contributed by atoms with Gasteiger partial charge in [0.05, 0.1) is 18.6 Å². The number of amidine groups is 1. The molecule has 2 heterocycles. The van der Waals surface area contributed by atoms with E-state index in [1.165, 1.54) is 0 Å². The van der Waals surface area contributed by atoms with Crippen LogP contribution >= 0.6 is 11.6 Å². The molecule has 0 radical (unpaired) electrons. The summed E-state index contributed by atoms with van der Waals surface area (Å²) in [7, 11) is -0.0843. The van der Waals surface area contributed by atoms with Crippen LogP contribution in [0.3, 0.4) is 0 Å². The highest BCUT2D eigenvalue weighted by Crippen LogP contribution is 2.41. The molecule has 2 aliphatic rings. The fraction of sp³-hybridized carbons (Fsp3) is 0.433. The van der Waals surface area contributed by atoms with Gasteiger partial charge in [-0.2, -0.15) is 0 Å². The van der Waals surface area contributed by atoms with E-state index in [0.717, 1.165) is 73.0 Å². The van der Waals surface area contributed by atoms with E-state index in [-0.39, 0.29) is 5.91 Å². The van der Waals surface area contributed by atoms with Crippen LogP contribution in [0.25, 0.3) is 11.1 Å². The van der Waals surface area contributed by atoms with E-state index < -0.39 is 16.5 Å². The number of nitrogens with one attached hydrogen (secondary N) is 1. The maximum absolute atomic E-state index is 13.6. The molecule has 212 valence electrons. The Balaban J connectivity index is 1.43. The lowest BCUT2D eigenvalue weighted by atomic mass is 9.98. The zero-order chi connectivity index (χ0) is 28.4. The van der Waals surface area contributed by atoms with E-state index in [1.807, 2.05) is 42.2 Å². The molecule has 40 heavy (non-hydrogen) atoms. The summed E-state index contributed by atoms with van der Waals surface area (Å²) in [4.78, 5) is 20.9. The number of rotatable bonds is 10. The number of methoxy groups -OCH3 is 1. The van der Waals surface area contributed by atoms with Gasteiger partial charge in [-0.05, 0) is 74.1 Å². The van der Waals surface area contributed by atoms with E-state index in [4.69, 9.17) is 25.9 Å². The second kappa shape index (κ2) is 11.7. The lowest BCUT2D eigenvalue weighted by Crippen LogP contribution is -2.40. The molecule has 1 saturated carbocycles. The second-order valence-electron chi connectivity index (χ2n) is 10.5. The van der Waals surface area contributed by atoms with Crippen molar-refractivity contribution in [1.29, 1.82) is 0 Å². The largest absolute Gasteiger partial charge is 0.497 e. The molecular weight excluding hydrogens is 548 g/mol. The molecule has 1 unspecified atom stereocenters. The number of anilines is 1. The van der Waals surface area contributed by atoms with Gasteiger partial charge in [-0.25, -0.2) is 4.21 Å². The third kappa shape index (κ3) is 5.41. The molecular formula is C30H35ClN4O4S. The Kier molecular flexibility index (Phi) is 8.33. The predicted octanol–water partition coefficient (Wildman–Crippen LogP) is 7.00. The van der Waals surface area contributed by atoms with Crippen molar-refractivity contribution in [2.24, 2.45) is 4.99 Å². The number of benzene rings is 2. The van der Waals surface area contributed by atoms with Gasteiger partial charge in [-0.1, -0.05) is 55.1 Å². The van der Waals surface area contributed by atoms with Crippen molar-refractivity contribution in [2.45, 2.75) is 82.7 Å². The van der Waals surface area contributed by atoms with Crippen molar-refractivity contribution in [1.82, 2.24) is 10.1 Å². The first-order valence-electron chi connectivity index (χ1n) is 13.7. The van der Waals surface area contributed by atoms with Crippen LogP contribution in [0.15, 0.2) is 50.8 Å². The molecule has 3 aromatic rings. The molecule has 5 rings (SSSR count). The Morgan fingerprint density at radius 1 is 1.18 bits per heavy atom. The van der Waals surface area contributed by atoms with Crippen LogP contribution < -0.4 is 9.46 Å². The maximum atomic E-state index is 13.6. The van der Waals surface area contributed by atoms with Gasteiger partial charge in [-0.3, -0.25) is 19.4 Å². The molecule has 2 aromatic carbocycles. The second-order valence-corrected chi connectivity index (χ2v) is 12.1. The standard InChI is InChI=1S/C30H35ClN4O4S/c1-5-6-9-27-32-30(14-7-8-15-30)29(36)35(27)18-22-11-10-21(16-25(22)31)24-13-12-23(38-4)17-26(24)40(37)34-28-19(2)20(3)39-33-28/h10-13,16-17H,5-9,14-15,18H2,1-4H3,(H,33,34). The van der Waals surface area contributed by atoms with Gasteiger partial charge >= 0.3 is 0 Å². The first-order valence-corrected chi connectivity index (χ1v) is 15.3. The number of hydrogen-bond donors (Lipinski definition) is 1. The van der Waals surface area contributed by atoms with Crippen molar-refractivity contribution in [3.63, 3.8) is 0 Å². The molecule has 10 heteroatoms. The average molecular weight is 583 g/mol. The Morgan fingerprint density at radius 2 is 1.95 bits per heavy atom. The summed E-state index contributed by atoms with van der Waals surface area (Å²) in [5, 5.41) is 4.52. The van der Waals surface area contributed by atoms with Gasteiger partial charge < -0.3 is 9.26 Å². The van der Waals surface area contributed by atoms with Crippen LogP contribution in [-0.2, 0) is 22.3 Å². The van der Waals surface area contributed by atoms with Crippen LogP contribution in [0.4, 0.5) is 5.82 Å². The highest BCUT2D eigenvalue weighted by Gasteiger charge is 2.49. The quantitative estimate of drug-likeness (QED) is 0.277. The van der Waals surface area contributed by atoms with Crippen molar-refractivity contribution in [2.75, 3.05) is 11.8 Å². The van der Waals surface area contributed by atoms with E-state index in [1.54, 1.807) is 20.1 Å². The van der Waals surface area contributed by atoms with Crippen molar-refractivity contribution in [3.8, 4) is 16.9 Å². The number of carbonyl (C=O) groups is 1. The zero-order valence-electron chi connectivity index (χ0n) is 23.4. The molecule has 1 atom stereocenters. The van der Waals surface area contributed by atoms with Gasteiger partial charge in [0.25, 0.3) is 5.91 Å². The van der Waals surface area contributed by atoms with Crippen molar-refractivity contribution >= 4 is 40.1 Å². The average Bonchev–Trinajstić information content (AvgIpc) is 3.63. The molecule has 1 amide bonds. The lowest BCUT2D eigenvalue weighted by molar-refractivity contribution is -0.131. The molecule has 1 aliphatic heterocycles. The summed E-state index contributed by atoms with van der Waals surface area (Å²) < 4.78 is 27.1. The number of nitrogens with zero attached hydrogens (tertiary/aromatic N) is 3. The normalized spacial score (nSPS) is 17.0. The lowest BCUT2D eigenvalue weighted by Gasteiger charge is -2.23. The summed E-state index contributed by atoms with van der Waals surface area (Å²) >= 11 is 6.84. The first-order chi connectivity index (χ1) is 19.3. The van der Waals surface area contributed by atoms with E-state index >= 15 is 0 Å². The Bertz CT molecular complexity index is 1480. The van der Waals surface area contributed by atoms with Gasteiger partial charge in [0.2, 0.25) is 0 Å². The Hall–Kier alpha value is -3.17. The highest BCUT2D eigenvalue weighted by atomic mass is 35.5. The van der Waals surface area contributed by atoms with Crippen LogP contribution in [0.1, 0.15) is 68.8 Å². The first kappa shape index (κ1) is 28.4. The minimum Gasteiger partial charge on any atom is -0.497 e. The maximum Gasteiger partial charge on any atom is 0.256 e. The summed E-state index contributed by atoms with van der Waals surface area (Å²) in [6, 6.07) is 11.2. The number of aryl methyl sites for hydroxylation is 1. The summed E-state index contributed by atoms with van der Waals surface area (Å²) in [6.07, 6.45) is 6.54. The van der Waals surface area contributed by atoms with Crippen LogP contribution in [0.5, 0.6) is 5.75 Å². The Morgan fingerprint density at radius 3 is 2.60 bits per heavy atom. The number of hydrogen-bond acceptors (Lipinski definition) is 6. The number of unbranched alkanes of at least 4 members (excludes halogenated alkanes) is 1. The molecule has 1 fully saturated rings. The molecule has 1 spiro atoms. The molecule has 1 N–H and O–H groups in total. The van der Waals surface area contributed by atoms with E-state index in [2.05, 4.69) is 16.8 Å². The number of halogens is 1. The molecule has 0 bridgehead atoms. The van der Waals surface area contributed by atoms with E-state index in [9.17, 15) is 9.00 Å². The SMILES string of the molecule is CCCCC1=NC2(CCCC2)C(=O)N1Cc1ccc(-c2ccc(OC)cc2S(=O)Nc2noc(C)c2C)cc1Cl. The number of ether oxygens (including phenoxy) is 1. The molecule has 1 aliphatic carbocycles. The smallest absolute Gasteiger partial charge is 0.256 e. The number of carbonyl (C=O) groups excluding carboxylic acids is 1. The minimum atomic E-state index is -1.65. The molecule has 1 aromatic heterocycles. The number of amides is 1. The van der Waals surface area contributed by atoms with E-state index in [0.29, 0.717) is 33.8 Å². The van der Waals surface area contributed by atoms with Crippen molar-refractivity contribution < 1.29 is 18.3 Å². The third-order valence-corrected chi connectivity index (χ3v) is 9.38. The van der Waals surface area contributed by atoms with Gasteiger partial charge in [0.1, 0.15) is 22.9 Å². The summed E-state index contributed by atoms with van der Waals surface area (Å²) in [5.74, 6) is 2.65. The monoisotopic (exact) mass is 582 g/mol. The fourth-order valence-electron chi connectivity index (χ4n) is 5.39. The minimum absolute atomic E-state index is 0.105.